The molecule has 0 spiro atoms. The first-order valence-electron chi connectivity index (χ1n) is 6.77. The Morgan fingerprint density at radius 1 is 1.50 bits per heavy atom. The van der Waals surface area contributed by atoms with E-state index in [1.165, 1.54) is 13.3 Å². The zero-order chi connectivity index (χ0) is 16.1. The number of nitrogens with one attached hydrogen (secondary N) is 2. The predicted octanol–water partition coefficient (Wildman–Crippen LogP) is 2.01. The van der Waals surface area contributed by atoms with Crippen LogP contribution in [0.25, 0.3) is 0 Å². The van der Waals surface area contributed by atoms with Crippen LogP contribution < -0.4 is 10.2 Å². The summed E-state index contributed by atoms with van der Waals surface area (Å²) >= 11 is 0. The minimum Gasteiger partial charge on any atom is -0.504 e. The highest BCUT2D eigenvalue weighted by molar-refractivity contribution is 5.93. The van der Waals surface area contributed by atoms with Crippen molar-refractivity contribution < 1.29 is 14.6 Å². The maximum Gasteiger partial charge on any atom is 0.291 e. The number of carbonyl (C=O) groups excluding carboxylic acids is 1. The number of aromatic amines is 1. The number of phenols is 1. The molecule has 3 N–H and O–H groups in total. The van der Waals surface area contributed by atoms with Gasteiger partial charge in [0.15, 0.2) is 17.2 Å². The lowest BCUT2D eigenvalue weighted by atomic mass is 10.1. The Hall–Kier alpha value is -2.83. The summed E-state index contributed by atoms with van der Waals surface area (Å²) in [5, 5.41) is 20.4. The average Bonchev–Trinajstić information content (AvgIpc) is 2.99. The van der Waals surface area contributed by atoms with Crippen molar-refractivity contribution in [2.45, 2.75) is 19.8 Å². The van der Waals surface area contributed by atoms with Gasteiger partial charge in [-0.15, -0.1) is 0 Å². The third-order valence-electron chi connectivity index (χ3n) is 3.07. The largest absolute Gasteiger partial charge is 0.504 e. The molecule has 0 atom stereocenters. The van der Waals surface area contributed by atoms with Gasteiger partial charge in [-0.1, -0.05) is 19.9 Å². The summed E-state index contributed by atoms with van der Waals surface area (Å²) in [6, 6.07) is 6.67. The zero-order valence-corrected chi connectivity index (χ0v) is 12.6. The van der Waals surface area contributed by atoms with Crippen molar-refractivity contribution >= 4 is 12.1 Å². The molecule has 116 valence electrons. The van der Waals surface area contributed by atoms with Crippen molar-refractivity contribution in [1.29, 1.82) is 0 Å². The minimum atomic E-state index is -0.429. The summed E-state index contributed by atoms with van der Waals surface area (Å²) < 4.78 is 4.99. The first kappa shape index (κ1) is 15.6. The lowest BCUT2D eigenvalue weighted by Gasteiger charge is -2.04. The van der Waals surface area contributed by atoms with Crippen LogP contribution in [0.5, 0.6) is 11.5 Å². The topological polar surface area (TPSA) is 99.6 Å². The summed E-state index contributed by atoms with van der Waals surface area (Å²) in [4.78, 5) is 11.9. The molecule has 7 heteroatoms. The van der Waals surface area contributed by atoms with Crippen LogP contribution in [0.3, 0.4) is 0 Å². The summed E-state index contributed by atoms with van der Waals surface area (Å²) in [5.74, 6) is 0.127. The van der Waals surface area contributed by atoms with E-state index in [9.17, 15) is 9.90 Å². The van der Waals surface area contributed by atoms with Gasteiger partial charge in [0, 0.05) is 11.3 Å². The lowest BCUT2D eigenvalue weighted by molar-refractivity contribution is 0.0950. The Balaban J connectivity index is 2.04. The number of phenolic OH excluding ortho intramolecular Hbond substituents is 1. The molecular formula is C15H18N4O3. The smallest absolute Gasteiger partial charge is 0.291 e. The molecular weight excluding hydrogens is 284 g/mol. The van der Waals surface area contributed by atoms with Crippen molar-refractivity contribution in [2.24, 2.45) is 5.10 Å². The maximum absolute atomic E-state index is 11.9. The maximum atomic E-state index is 11.9. The number of benzene rings is 1. The molecule has 0 aliphatic carbocycles. The van der Waals surface area contributed by atoms with E-state index in [1.807, 2.05) is 13.8 Å². The molecule has 0 bridgehead atoms. The number of hydrazone groups is 1. The van der Waals surface area contributed by atoms with Crippen LogP contribution in [-0.2, 0) is 0 Å². The fourth-order valence-electron chi connectivity index (χ4n) is 1.77. The second-order valence-corrected chi connectivity index (χ2v) is 4.96. The highest BCUT2D eigenvalue weighted by Gasteiger charge is 2.11. The van der Waals surface area contributed by atoms with E-state index >= 15 is 0 Å². The lowest BCUT2D eigenvalue weighted by Crippen LogP contribution is -2.18. The number of nitrogens with zero attached hydrogens (tertiary/aromatic N) is 2. The van der Waals surface area contributed by atoms with Crippen molar-refractivity contribution in [3.8, 4) is 11.5 Å². The van der Waals surface area contributed by atoms with Crippen LogP contribution in [0, 0.1) is 0 Å². The normalized spacial score (nSPS) is 11.1. The molecule has 7 nitrogen and oxygen atoms in total. The third kappa shape index (κ3) is 3.43. The molecule has 1 aromatic carbocycles. The van der Waals surface area contributed by atoms with Gasteiger partial charge in [-0.25, -0.2) is 5.43 Å². The van der Waals surface area contributed by atoms with Crippen molar-refractivity contribution in [1.82, 2.24) is 15.6 Å². The van der Waals surface area contributed by atoms with Crippen molar-refractivity contribution in [2.75, 3.05) is 7.11 Å². The number of amides is 1. The number of ether oxygens (including phenoxy) is 1. The van der Waals surface area contributed by atoms with Crippen LogP contribution in [0.4, 0.5) is 0 Å². The molecule has 0 fully saturated rings. The van der Waals surface area contributed by atoms with Gasteiger partial charge in [-0.2, -0.15) is 10.2 Å². The second kappa shape index (κ2) is 6.75. The Kier molecular flexibility index (Phi) is 4.77. The van der Waals surface area contributed by atoms with Crippen molar-refractivity contribution in [3.63, 3.8) is 0 Å². The molecule has 0 aliphatic rings. The molecule has 0 aliphatic heterocycles. The van der Waals surface area contributed by atoms with E-state index in [1.54, 1.807) is 24.3 Å². The number of carbonyl (C=O) groups is 1. The van der Waals surface area contributed by atoms with Crippen molar-refractivity contribution in [3.05, 3.63) is 41.2 Å². The first-order chi connectivity index (χ1) is 10.5. The van der Waals surface area contributed by atoms with E-state index in [0.29, 0.717) is 11.3 Å². The number of H-pyrrole nitrogens is 1. The van der Waals surface area contributed by atoms with Crippen LogP contribution in [0.2, 0.25) is 0 Å². The number of methoxy groups -OCH3 is 1. The average molecular weight is 302 g/mol. The molecule has 1 amide bonds. The van der Waals surface area contributed by atoms with E-state index < -0.39 is 5.91 Å². The van der Waals surface area contributed by atoms with Crippen LogP contribution in [0.15, 0.2) is 29.4 Å². The molecule has 0 radical (unpaired) electrons. The highest BCUT2D eigenvalue weighted by atomic mass is 16.5. The molecule has 1 aromatic heterocycles. The molecule has 22 heavy (non-hydrogen) atoms. The highest BCUT2D eigenvalue weighted by Crippen LogP contribution is 2.27. The standard InChI is InChI=1S/C15H18N4O3/c1-9(2)11-7-12(18-17-11)15(21)19-16-8-10-5-4-6-13(22-3)14(10)20/h4-9,20H,1-3H3,(H,17,18)(H,19,21)/b16-8+. The molecule has 2 rings (SSSR count). The van der Waals surface area contributed by atoms with Gasteiger partial charge < -0.3 is 9.84 Å². The molecule has 2 aromatic rings. The van der Waals surface area contributed by atoms with E-state index in [2.05, 4.69) is 20.7 Å². The number of para-hydroxylation sites is 1. The van der Waals surface area contributed by atoms with E-state index in [-0.39, 0.29) is 17.4 Å². The monoisotopic (exact) mass is 302 g/mol. The number of hydrogen-bond acceptors (Lipinski definition) is 5. The minimum absolute atomic E-state index is 0.0372. The fourth-order valence-corrected chi connectivity index (χ4v) is 1.77. The van der Waals surface area contributed by atoms with Gasteiger partial charge in [-0.05, 0) is 24.1 Å². The van der Waals surface area contributed by atoms with Crippen LogP contribution in [0.1, 0.15) is 41.5 Å². The third-order valence-corrected chi connectivity index (χ3v) is 3.07. The van der Waals surface area contributed by atoms with Gasteiger partial charge in [0.1, 0.15) is 0 Å². The van der Waals surface area contributed by atoms with E-state index in [4.69, 9.17) is 4.74 Å². The molecule has 0 saturated carbocycles. The van der Waals surface area contributed by atoms with Crippen LogP contribution in [-0.4, -0.2) is 34.5 Å². The molecule has 1 heterocycles. The van der Waals surface area contributed by atoms with Gasteiger partial charge >= 0.3 is 0 Å². The predicted molar refractivity (Wildman–Crippen MR) is 82.4 cm³/mol. The van der Waals surface area contributed by atoms with Gasteiger partial charge in [0.05, 0.1) is 13.3 Å². The first-order valence-corrected chi connectivity index (χ1v) is 6.77. The van der Waals surface area contributed by atoms with Gasteiger partial charge in [-0.3, -0.25) is 9.89 Å². The summed E-state index contributed by atoms with van der Waals surface area (Å²) in [7, 11) is 1.46. The number of aromatic hydroxyl groups is 1. The SMILES string of the molecule is COc1cccc(/C=N/NC(=O)c2cc(C(C)C)[nH]n2)c1O. The Labute approximate surface area is 128 Å². The number of aromatic nitrogens is 2. The molecule has 0 unspecified atom stereocenters. The fraction of sp³-hybridized carbons (Fsp3) is 0.267. The Bertz CT molecular complexity index is 692. The molecule has 0 saturated heterocycles. The van der Waals surface area contributed by atoms with Crippen LogP contribution >= 0.6 is 0 Å². The van der Waals surface area contributed by atoms with Gasteiger partial charge in [0.25, 0.3) is 5.91 Å². The summed E-state index contributed by atoms with van der Waals surface area (Å²) in [6.45, 7) is 4.00. The quantitative estimate of drug-likeness (QED) is 0.581. The number of hydrogen-bond donors (Lipinski definition) is 3. The summed E-state index contributed by atoms with van der Waals surface area (Å²) in [6.07, 6.45) is 1.34. The van der Waals surface area contributed by atoms with E-state index in [0.717, 1.165) is 5.69 Å². The Morgan fingerprint density at radius 2 is 2.27 bits per heavy atom. The van der Waals surface area contributed by atoms with Gasteiger partial charge in [0.2, 0.25) is 0 Å². The zero-order valence-electron chi connectivity index (χ0n) is 12.6. The second-order valence-electron chi connectivity index (χ2n) is 4.96. The Morgan fingerprint density at radius 3 is 2.91 bits per heavy atom. The summed E-state index contributed by atoms with van der Waals surface area (Å²) in [5.41, 5.74) is 3.93. The number of rotatable bonds is 5.